The molecule has 0 aliphatic rings. The van der Waals surface area contributed by atoms with Gasteiger partial charge in [-0.25, -0.2) is 0 Å². The van der Waals surface area contributed by atoms with Gasteiger partial charge in [0.2, 0.25) is 0 Å². The summed E-state index contributed by atoms with van der Waals surface area (Å²) >= 11 is 0. The Kier molecular flexibility index (Phi) is 14.4. The number of hydrogen-bond donors (Lipinski definition) is 1. The van der Waals surface area contributed by atoms with Gasteiger partial charge in [0.15, 0.2) is 37.7 Å². The van der Waals surface area contributed by atoms with Crippen LogP contribution in [0.2, 0.25) is 0 Å². The number of hydrogen-bond acceptors (Lipinski definition) is 7. The molecule has 0 aliphatic carbocycles. The fourth-order valence-electron chi connectivity index (χ4n) is 6.38. The molecule has 0 aromatic heterocycles. The minimum Gasteiger partial charge on any atom is -0.489 e. The molecule has 0 aliphatic heterocycles. The number of benzene rings is 6. The Bertz CT molecular complexity index is 2500. The van der Waals surface area contributed by atoms with Crippen LogP contribution >= 0.6 is 0 Å². The lowest BCUT2D eigenvalue weighted by molar-refractivity contribution is -0.0510. The Morgan fingerprint density at radius 2 is 0.841 bits per heavy atom. The van der Waals surface area contributed by atoms with Gasteiger partial charge in [0.25, 0.3) is 0 Å². The monoisotopic (exact) mass is 907 g/mol. The Morgan fingerprint density at radius 3 is 1.21 bits per heavy atom. The van der Waals surface area contributed by atoms with Crippen LogP contribution in [0.5, 0.6) is 28.7 Å². The lowest BCUT2D eigenvalue weighted by atomic mass is 9.97. The van der Waals surface area contributed by atoms with Crippen LogP contribution in [0.15, 0.2) is 130 Å². The van der Waals surface area contributed by atoms with E-state index in [2.05, 4.69) is 186 Å². The lowest BCUT2D eigenvalue weighted by Crippen LogP contribution is -2.27. The summed E-state index contributed by atoms with van der Waals surface area (Å²) in [6, 6.07) is 40.5. The molecular formula is C50H58F3O8S2+. The van der Waals surface area contributed by atoms with E-state index < -0.39 is 48.9 Å². The number of halogens is 3. The molecule has 6 aromatic rings. The third-order valence-electron chi connectivity index (χ3n) is 8.58. The average molecular weight is 908 g/mol. The molecule has 6 aromatic carbocycles. The van der Waals surface area contributed by atoms with E-state index in [0.717, 1.165) is 20.4 Å². The molecule has 0 saturated carbocycles. The first-order chi connectivity index (χ1) is 29.0. The third kappa shape index (κ3) is 13.9. The van der Waals surface area contributed by atoms with Gasteiger partial charge in [-0.05, 0) is 159 Å². The van der Waals surface area contributed by atoms with Gasteiger partial charge in [-0.3, -0.25) is 4.55 Å². The van der Waals surface area contributed by atoms with E-state index in [-0.39, 0.29) is 0 Å². The number of alkyl halides is 3. The van der Waals surface area contributed by atoms with Crippen molar-refractivity contribution in [2.24, 2.45) is 0 Å². The zero-order valence-corrected chi connectivity index (χ0v) is 39.6. The zero-order chi connectivity index (χ0) is 46.8. The van der Waals surface area contributed by atoms with E-state index >= 15 is 0 Å². The highest BCUT2D eigenvalue weighted by molar-refractivity contribution is 7.97. The van der Waals surface area contributed by atoms with Crippen LogP contribution in [-0.2, 0) is 27.6 Å². The van der Waals surface area contributed by atoms with Gasteiger partial charge >= 0.3 is 15.6 Å². The second-order valence-electron chi connectivity index (χ2n) is 18.9. The number of ether oxygens (including phenoxy) is 5. The van der Waals surface area contributed by atoms with Crippen molar-refractivity contribution in [2.45, 2.75) is 132 Å². The molecule has 0 spiro atoms. The molecule has 13 heteroatoms. The van der Waals surface area contributed by atoms with E-state index in [0.29, 0.717) is 29.6 Å². The summed E-state index contributed by atoms with van der Waals surface area (Å²) in [7, 11) is -6.41. The maximum absolute atomic E-state index is 10.7. The Labute approximate surface area is 372 Å². The number of rotatable bonds is 10. The van der Waals surface area contributed by atoms with E-state index in [1.165, 1.54) is 27.1 Å². The van der Waals surface area contributed by atoms with Gasteiger partial charge in [0.05, 0.1) is 10.9 Å². The van der Waals surface area contributed by atoms with Crippen molar-refractivity contribution in [3.63, 3.8) is 0 Å². The van der Waals surface area contributed by atoms with Gasteiger partial charge in [0.1, 0.15) is 34.8 Å². The van der Waals surface area contributed by atoms with Gasteiger partial charge in [-0.1, -0.05) is 48.5 Å². The first-order valence-electron chi connectivity index (χ1n) is 20.4. The fraction of sp³-hybridized carbons (Fsp3) is 0.360. The molecule has 0 fully saturated rings. The standard InChI is InChI=1S/C49H57O5S.CHF3O3S/c1-46(2,3)51-42-27-25-37(30-44(42)53-48(7,8)9)55(38-26-28-43(52-47(4,5)6)45(31-38)54-49(10,11)12)36-23-21-35(22-24-36)50-32-41-39-19-15-13-17-33(39)29-34-18-14-16-20-40(34)41;2-1(3,4)8(5,6)7/h13-31H,32H2,1-12H3;(H,5,6,7)/q+1;. The molecule has 6 rings (SSSR count). The molecule has 1 N–H and O–H groups in total. The Morgan fingerprint density at radius 1 is 0.492 bits per heavy atom. The van der Waals surface area contributed by atoms with E-state index in [1.54, 1.807) is 0 Å². The largest absolute Gasteiger partial charge is 0.522 e. The van der Waals surface area contributed by atoms with E-state index in [1.807, 2.05) is 12.1 Å². The fourth-order valence-corrected chi connectivity index (χ4v) is 8.46. The third-order valence-corrected chi connectivity index (χ3v) is 11.4. The highest BCUT2D eigenvalue weighted by Crippen LogP contribution is 2.43. The summed E-state index contributed by atoms with van der Waals surface area (Å²) in [4.78, 5) is 3.30. The van der Waals surface area contributed by atoms with Crippen LogP contribution in [-0.4, -0.2) is 40.9 Å². The second-order valence-corrected chi connectivity index (χ2v) is 22.3. The predicted octanol–water partition coefficient (Wildman–Crippen LogP) is 13.8. The summed E-state index contributed by atoms with van der Waals surface area (Å²) in [5.74, 6) is 3.65. The number of fused-ring (bicyclic) bond motifs is 2. The normalized spacial score (nSPS) is 12.8. The van der Waals surface area contributed by atoms with Crippen LogP contribution in [0.1, 0.15) is 88.6 Å². The summed E-state index contributed by atoms with van der Waals surface area (Å²) in [6.07, 6.45) is 0. The molecular weight excluding hydrogens is 850 g/mol. The molecule has 0 atom stereocenters. The van der Waals surface area contributed by atoms with Crippen LogP contribution in [0, 0.1) is 0 Å². The van der Waals surface area contributed by atoms with Crippen molar-refractivity contribution in [1.29, 1.82) is 0 Å². The summed E-state index contributed by atoms with van der Waals surface area (Å²) < 4.78 is 90.1. The van der Waals surface area contributed by atoms with Gasteiger partial charge in [-0.2, -0.15) is 21.6 Å². The Balaban J connectivity index is 0.000000852. The maximum Gasteiger partial charge on any atom is 0.522 e. The van der Waals surface area contributed by atoms with Crippen molar-refractivity contribution >= 4 is 42.6 Å². The quantitative estimate of drug-likeness (QED) is 0.0628. The average Bonchev–Trinajstić information content (AvgIpc) is 3.13. The molecule has 0 heterocycles. The van der Waals surface area contributed by atoms with Crippen LogP contribution in [0.3, 0.4) is 0 Å². The minimum absolute atomic E-state index is 0.393. The van der Waals surface area contributed by atoms with Crippen molar-refractivity contribution in [3.05, 3.63) is 121 Å². The van der Waals surface area contributed by atoms with Crippen LogP contribution in [0.25, 0.3) is 21.5 Å². The Hall–Kier alpha value is -5.11. The molecule has 0 radical (unpaired) electrons. The lowest BCUT2D eigenvalue weighted by Gasteiger charge is -2.28. The van der Waals surface area contributed by atoms with Crippen molar-refractivity contribution < 1.29 is 49.8 Å². The zero-order valence-electron chi connectivity index (χ0n) is 37.9. The van der Waals surface area contributed by atoms with Crippen molar-refractivity contribution in [1.82, 2.24) is 0 Å². The van der Waals surface area contributed by atoms with E-state index in [4.69, 9.17) is 36.7 Å². The smallest absolute Gasteiger partial charge is 0.489 e. The molecule has 0 bridgehead atoms. The second kappa shape index (κ2) is 18.5. The molecule has 0 saturated heterocycles. The highest BCUT2D eigenvalue weighted by Gasteiger charge is 2.44. The van der Waals surface area contributed by atoms with Gasteiger partial charge in [0, 0.05) is 17.7 Å². The predicted molar refractivity (Wildman–Crippen MR) is 246 cm³/mol. The molecule has 8 nitrogen and oxygen atoms in total. The summed E-state index contributed by atoms with van der Waals surface area (Å²) in [5.41, 5.74) is -5.99. The highest BCUT2D eigenvalue weighted by atomic mass is 32.2. The maximum atomic E-state index is 10.7. The molecule has 0 amide bonds. The molecule has 0 unspecified atom stereocenters. The first-order valence-corrected chi connectivity index (χ1v) is 23.1. The molecule has 63 heavy (non-hydrogen) atoms. The van der Waals surface area contributed by atoms with Crippen LogP contribution in [0.4, 0.5) is 13.2 Å². The first kappa shape index (κ1) is 48.9. The van der Waals surface area contributed by atoms with Gasteiger partial charge < -0.3 is 23.7 Å². The van der Waals surface area contributed by atoms with Crippen molar-refractivity contribution in [2.75, 3.05) is 0 Å². The van der Waals surface area contributed by atoms with E-state index in [9.17, 15) is 13.2 Å². The van der Waals surface area contributed by atoms with Crippen molar-refractivity contribution in [3.8, 4) is 28.7 Å². The molecule has 338 valence electrons. The SMILES string of the molecule is CC(C)(C)Oc1ccc([S+](c2ccc(OCc3c4ccccc4cc4ccccc34)cc2)c2ccc(OC(C)(C)C)c(OC(C)(C)C)c2)cc1OC(C)(C)C.O=S(=O)(O)C(F)(F)F. The minimum atomic E-state index is -5.84. The summed E-state index contributed by atoms with van der Waals surface area (Å²) in [5, 5.41) is 4.83. The van der Waals surface area contributed by atoms with Crippen LogP contribution < -0.4 is 23.7 Å². The topological polar surface area (TPSA) is 101 Å². The van der Waals surface area contributed by atoms with Gasteiger partial charge in [-0.15, -0.1) is 0 Å². The summed E-state index contributed by atoms with van der Waals surface area (Å²) in [6.45, 7) is 25.1.